The average Bonchev–Trinajstić information content (AvgIpc) is 2.19. The lowest BCUT2D eigenvalue weighted by Crippen LogP contribution is -2.16. The highest BCUT2D eigenvalue weighted by atomic mass is 35.5. The Morgan fingerprint density at radius 3 is 2.75 bits per heavy atom. The second kappa shape index (κ2) is 5.68. The van der Waals surface area contributed by atoms with E-state index in [2.05, 4.69) is 11.9 Å². The van der Waals surface area contributed by atoms with Gasteiger partial charge in [0.05, 0.1) is 0 Å². The Labute approximate surface area is 100 Å². The number of amides is 1. The summed E-state index contributed by atoms with van der Waals surface area (Å²) in [5.41, 5.74) is 7.57. The van der Waals surface area contributed by atoms with E-state index < -0.39 is 5.91 Å². The van der Waals surface area contributed by atoms with Gasteiger partial charge in [0.25, 0.3) is 0 Å². The SMILES string of the molecule is C=C(C)CNCc1ccc(C(N)=O)cc1Cl. The van der Waals surface area contributed by atoms with E-state index in [9.17, 15) is 4.79 Å². The van der Waals surface area contributed by atoms with Gasteiger partial charge in [0.1, 0.15) is 0 Å². The average molecular weight is 239 g/mol. The van der Waals surface area contributed by atoms with E-state index in [-0.39, 0.29) is 0 Å². The molecule has 1 amide bonds. The van der Waals surface area contributed by atoms with Gasteiger partial charge < -0.3 is 11.1 Å². The molecule has 0 aromatic heterocycles. The molecular weight excluding hydrogens is 224 g/mol. The van der Waals surface area contributed by atoms with Crippen molar-refractivity contribution >= 4 is 17.5 Å². The zero-order valence-electron chi connectivity index (χ0n) is 9.22. The molecule has 1 rings (SSSR count). The topological polar surface area (TPSA) is 55.1 Å². The molecule has 3 nitrogen and oxygen atoms in total. The minimum atomic E-state index is -0.469. The molecular formula is C12H15ClN2O. The Hall–Kier alpha value is -1.32. The first-order valence-electron chi connectivity index (χ1n) is 4.94. The van der Waals surface area contributed by atoms with Gasteiger partial charge in [-0.3, -0.25) is 4.79 Å². The lowest BCUT2D eigenvalue weighted by Gasteiger charge is -2.07. The smallest absolute Gasteiger partial charge is 0.248 e. The van der Waals surface area contributed by atoms with Gasteiger partial charge in [-0.25, -0.2) is 0 Å². The van der Waals surface area contributed by atoms with Gasteiger partial charge >= 0.3 is 0 Å². The lowest BCUT2D eigenvalue weighted by atomic mass is 10.1. The number of hydrogen-bond acceptors (Lipinski definition) is 2. The molecule has 0 aliphatic rings. The maximum Gasteiger partial charge on any atom is 0.248 e. The standard InChI is InChI=1S/C12H15ClN2O/c1-8(2)6-15-7-10-4-3-9(12(14)16)5-11(10)13/h3-5,15H,1,6-7H2,2H3,(H2,14,16). The van der Waals surface area contributed by atoms with Crippen molar-refractivity contribution in [3.63, 3.8) is 0 Å². The monoisotopic (exact) mass is 238 g/mol. The van der Waals surface area contributed by atoms with Crippen molar-refractivity contribution in [3.05, 3.63) is 46.5 Å². The largest absolute Gasteiger partial charge is 0.366 e. The van der Waals surface area contributed by atoms with E-state index in [1.54, 1.807) is 18.2 Å². The summed E-state index contributed by atoms with van der Waals surface area (Å²) in [6.07, 6.45) is 0. The Morgan fingerprint density at radius 1 is 1.56 bits per heavy atom. The van der Waals surface area contributed by atoms with Gasteiger partial charge in [0.15, 0.2) is 0 Å². The van der Waals surface area contributed by atoms with E-state index in [1.807, 2.05) is 6.92 Å². The molecule has 0 bridgehead atoms. The molecule has 16 heavy (non-hydrogen) atoms. The third-order valence-electron chi connectivity index (χ3n) is 2.08. The normalized spacial score (nSPS) is 10.1. The summed E-state index contributed by atoms with van der Waals surface area (Å²) in [5, 5.41) is 3.74. The highest BCUT2D eigenvalue weighted by Crippen LogP contribution is 2.17. The van der Waals surface area contributed by atoms with Gasteiger partial charge in [-0.15, -0.1) is 0 Å². The zero-order chi connectivity index (χ0) is 12.1. The molecule has 0 saturated carbocycles. The van der Waals surface area contributed by atoms with Crippen molar-refractivity contribution in [1.29, 1.82) is 0 Å². The fourth-order valence-electron chi connectivity index (χ4n) is 1.25. The van der Waals surface area contributed by atoms with Gasteiger partial charge in [-0.1, -0.05) is 29.8 Å². The van der Waals surface area contributed by atoms with Crippen LogP contribution in [0.2, 0.25) is 5.02 Å². The molecule has 0 aliphatic carbocycles. The zero-order valence-corrected chi connectivity index (χ0v) is 9.97. The fraction of sp³-hybridized carbons (Fsp3) is 0.250. The number of primary amides is 1. The molecule has 0 unspecified atom stereocenters. The molecule has 0 saturated heterocycles. The Morgan fingerprint density at radius 2 is 2.25 bits per heavy atom. The maximum atomic E-state index is 10.9. The van der Waals surface area contributed by atoms with Crippen LogP contribution in [-0.2, 0) is 6.54 Å². The molecule has 86 valence electrons. The number of carbonyl (C=O) groups is 1. The summed E-state index contributed by atoms with van der Waals surface area (Å²) >= 11 is 6.02. The van der Waals surface area contributed by atoms with Crippen LogP contribution >= 0.6 is 11.6 Å². The quantitative estimate of drug-likeness (QED) is 0.772. The van der Waals surface area contributed by atoms with E-state index in [0.717, 1.165) is 17.7 Å². The van der Waals surface area contributed by atoms with E-state index in [1.165, 1.54) is 0 Å². The number of rotatable bonds is 5. The van der Waals surface area contributed by atoms with E-state index in [4.69, 9.17) is 17.3 Å². The Bertz CT molecular complexity index is 415. The van der Waals surface area contributed by atoms with Crippen LogP contribution in [0.25, 0.3) is 0 Å². The summed E-state index contributed by atoms with van der Waals surface area (Å²) in [7, 11) is 0. The molecule has 0 radical (unpaired) electrons. The van der Waals surface area contributed by atoms with Crippen molar-refractivity contribution < 1.29 is 4.79 Å². The summed E-state index contributed by atoms with van der Waals surface area (Å²) in [6, 6.07) is 5.06. The molecule has 0 spiro atoms. The summed E-state index contributed by atoms with van der Waals surface area (Å²) in [6.45, 7) is 7.13. The van der Waals surface area contributed by atoms with Gasteiger partial charge in [0.2, 0.25) is 5.91 Å². The molecule has 0 heterocycles. The summed E-state index contributed by atoms with van der Waals surface area (Å²) < 4.78 is 0. The minimum Gasteiger partial charge on any atom is -0.366 e. The van der Waals surface area contributed by atoms with Crippen molar-refractivity contribution in [2.45, 2.75) is 13.5 Å². The number of nitrogens with two attached hydrogens (primary N) is 1. The Kier molecular flexibility index (Phi) is 4.52. The minimum absolute atomic E-state index is 0.425. The predicted molar refractivity (Wildman–Crippen MR) is 66.5 cm³/mol. The molecule has 4 heteroatoms. The summed E-state index contributed by atoms with van der Waals surface area (Å²) in [5.74, 6) is -0.469. The molecule has 1 aromatic rings. The van der Waals surface area contributed by atoms with Crippen LogP contribution in [0, 0.1) is 0 Å². The first-order valence-corrected chi connectivity index (χ1v) is 5.32. The molecule has 0 fully saturated rings. The van der Waals surface area contributed by atoms with E-state index >= 15 is 0 Å². The first-order chi connectivity index (χ1) is 7.50. The van der Waals surface area contributed by atoms with Crippen LogP contribution in [0.15, 0.2) is 30.4 Å². The van der Waals surface area contributed by atoms with E-state index in [0.29, 0.717) is 17.1 Å². The van der Waals surface area contributed by atoms with Crippen molar-refractivity contribution in [2.24, 2.45) is 5.73 Å². The second-order valence-corrected chi connectivity index (χ2v) is 4.14. The van der Waals surface area contributed by atoms with Crippen LogP contribution in [0.1, 0.15) is 22.8 Å². The number of benzene rings is 1. The van der Waals surface area contributed by atoms with Crippen molar-refractivity contribution in [1.82, 2.24) is 5.32 Å². The fourth-order valence-corrected chi connectivity index (χ4v) is 1.50. The van der Waals surface area contributed by atoms with Crippen LogP contribution in [0.4, 0.5) is 0 Å². The second-order valence-electron chi connectivity index (χ2n) is 3.73. The third-order valence-corrected chi connectivity index (χ3v) is 2.43. The van der Waals surface area contributed by atoms with Crippen molar-refractivity contribution in [3.8, 4) is 0 Å². The molecule has 1 aromatic carbocycles. The maximum absolute atomic E-state index is 10.9. The van der Waals surface area contributed by atoms with Crippen LogP contribution in [-0.4, -0.2) is 12.5 Å². The van der Waals surface area contributed by atoms with Gasteiger partial charge in [0, 0.05) is 23.7 Å². The van der Waals surface area contributed by atoms with Crippen LogP contribution < -0.4 is 11.1 Å². The summed E-state index contributed by atoms with van der Waals surface area (Å²) in [4.78, 5) is 10.9. The van der Waals surface area contributed by atoms with Gasteiger partial charge in [-0.05, 0) is 24.6 Å². The van der Waals surface area contributed by atoms with Crippen LogP contribution in [0.3, 0.4) is 0 Å². The highest BCUT2D eigenvalue weighted by molar-refractivity contribution is 6.31. The lowest BCUT2D eigenvalue weighted by molar-refractivity contribution is 0.100. The third kappa shape index (κ3) is 3.68. The first kappa shape index (κ1) is 12.7. The Balaban J connectivity index is 2.68. The van der Waals surface area contributed by atoms with Gasteiger partial charge in [-0.2, -0.15) is 0 Å². The number of carbonyl (C=O) groups excluding carboxylic acids is 1. The predicted octanol–water partition coefficient (Wildman–Crippen LogP) is 2.10. The number of halogens is 1. The van der Waals surface area contributed by atoms with Crippen LogP contribution in [0.5, 0.6) is 0 Å². The van der Waals surface area contributed by atoms with Crippen molar-refractivity contribution in [2.75, 3.05) is 6.54 Å². The number of nitrogens with one attached hydrogen (secondary N) is 1. The molecule has 0 aliphatic heterocycles. The highest BCUT2D eigenvalue weighted by Gasteiger charge is 2.05. The molecule has 0 atom stereocenters. The molecule has 3 N–H and O–H groups in total. The number of hydrogen-bond donors (Lipinski definition) is 2.